The van der Waals surface area contributed by atoms with Gasteiger partial charge in [-0.25, -0.2) is 0 Å². The number of hydrogen-bond acceptors (Lipinski definition) is 4. The molecule has 0 bridgehead atoms. The summed E-state index contributed by atoms with van der Waals surface area (Å²) in [5.74, 6) is -0.776. The lowest BCUT2D eigenvalue weighted by Gasteiger charge is -2.25. The van der Waals surface area contributed by atoms with Crippen molar-refractivity contribution in [3.8, 4) is 0 Å². The SMILES string of the molecule is C=CC=Nc1cc(C)n(C2CCC(=O)NC2=O)c(=O)c1C=C. The fraction of sp³-hybridized carbons (Fsp3) is 0.250. The second kappa shape index (κ2) is 6.34. The number of aliphatic imine (C=N–C) groups is 1. The minimum Gasteiger partial charge on any atom is -0.300 e. The molecule has 1 aliphatic heterocycles. The highest BCUT2D eigenvalue weighted by atomic mass is 16.2. The first-order chi connectivity index (χ1) is 10.5. The number of aryl methyl sites for hydroxylation is 1. The predicted octanol–water partition coefficient (Wildman–Crippen LogP) is 1.67. The van der Waals surface area contributed by atoms with Crippen molar-refractivity contribution in [3.63, 3.8) is 0 Å². The van der Waals surface area contributed by atoms with Gasteiger partial charge in [0.15, 0.2) is 0 Å². The normalized spacial score (nSPS) is 18.3. The molecule has 1 N–H and O–H groups in total. The number of rotatable bonds is 4. The Labute approximate surface area is 127 Å². The molecular formula is C16H17N3O3. The van der Waals surface area contributed by atoms with Gasteiger partial charge in [-0.3, -0.25) is 29.3 Å². The molecule has 0 aliphatic carbocycles. The number of nitrogens with one attached hydrogen (secondary N) is 1. The van der Waals surface area contributed by atoms with Crippen LogP contribution in [0.5, 0.6) is 0 Å². The average molecular weight is 299 g/mol. The molecule has 1 atom stereocenters. The van der Waals surface area contributed by atoms with E-state index in [-0.39, 0.29) is 17.9 Å². The van der Waals surface area contributed by atoms with Gasteiger partial charge in [-0.2, -0.15) is 0 Å². The molecule has 6 nitrogen and oxygen atoms in total. The van der Waals surface area contributed by atoms with Crippen molar-refractivity contribution in [1.29, 1.82) is 0 Å². The lowest BCUT2D eigenvalue weighted by atomic mass is 10.0. The van der Waals surface area contributed by atoms with Crippen LogP contribution < -0.4 is 10.9 Å². The van der Waals surface area contributed by atoms with Gasteiger partial charge in [-0.15, -0.1) is 0 Å². The molecule has 2 heterocycles. The van der Waals surface area contributed by atoms with Crippen LogP contribution in [0.15, 0.2) is 35.1 Å². The number of amides is 2. The highest BCUT2D eigenvalue weighted by Gasteiger charge is 2.30. The van der Waals surface area contributed by atoms with E-state index in [2.05, 4.69) is 23.5 Å². The van der Waals surface area contributed by atoms with Crippen molar-refractivity contribution >= 4 is 29.8 Å². The van der Waals surface area contributed by atoms with Crippen LogP contribution in [-0.4, -0.2) is 22.6 Å². The van der Waals surface area contributed by atoms with E-state index in [1.165, 1.54) is 22.9 Å². The summed E-state index contributed by atoms with van der Waals surface area (Å²) in [5, 5.41) is 2.26. The molecule has 1 saturated heterocycles. The monoisotopic (exact) mass is 299 g/mol. The molecule has 0 radical (unpaired) electrons. The largest absolute Gasteiger partial charge is 0.300 e. The summed E-state index contributed by atoms with van der Waals surface area (Å²) in [6.07, 6.45) is 4.92. The Kier molecular flexibility index (Phi) is 4.50. The third-order valence-corrected chi connectivity index (χ3v) is 3.50. The number of hydrogen-bond donors (Lipinski definition) is 1. The Morgan fingerprint density at radius 2 is 2.09 bits per heavy atom. The highest BCUT2D eigenvalue weighted by molar-refractivity contribution is 5.99. The summed E-state index contributed by atoms with van der Waals surface area (Å²) < 4.78 is 1.39. The van der Waals surface area contributed by atoms with Crippen LogP contribution >= 0.6 is 0 Å². The van der Waals surface area contributed by atoms with Crippen molar-refractivity contribution < 1.29 is 9.59 Å². The van der Waals surface area contributed by atoms with Crippen LogP contribution in [0.4, 0.5) is 5.69 Å². The van der Waals surface area contributed by atoms with Crippen LogP contribution in [0.1, 0.15) is 30.1 Å². The fourth-order valence-corrected chi connectivity index (χ4v) is 2.49. The van der Waals surface area contributed by atoms with Crippen molar-refractivity contribution in [1.82, 2.24) is 9.88 Å². The molecule has 1 aromatic rings. The van der Waals surface area contributed by atoms with Crippen LogP contribution in [0.25, 0.3) is 6.08 Å². The molecule has 6 heteroatoms. The minimum absolute atomic E-state index is 0.210. The Morgan fingerprint density at radius 1 is 1.36 bits per heavy atom. The van der Waals surface area contributed by atoms with E-state index in [0.717, 1.165) is 0 Å². The van der Waals surface area contributed by atoms with Gasteiger partial charge < -0.3 is 0 Å². The summed E-state index contributed by atoms with van der Waals surface area (Å²) in [5.41, 5.74) is 1.04. The van der Waals surface area contributed by atoms with E-state index in [1.54, 1.807) is 13.0 Å². The number of aromatic nitrogens is 1. The molecule has 114 valence electrons. The standard InChI is InChI=1S/C16H17N3O3/c1-4-8-17-12-9-10(3)19(16(22)11(12)5-2)13-6-7-14(20)18-15(13)21/h4-5,8-9,13H,1-2,6-7H2,3H3,(H,18,20,21). The van der Waals surface area contributed by atoms with E-state index < -0.39 is 11.9 Å². The molecule has 0 saturated carbocycles. The van der Waals surface area contributed by atoms with Gasteiger partial charge in [0.25, 0.3) is 5.56 Å². The van der Waals surface area contributed by atoms with Crippen molar-refractivity contribution in [2.75, 3.05) is 0 Å². The Bertz CT molecular complexity index is 744. The summed E-state index contributed by atoms with van der Waals surface area (Å²) >= 11 is 0. The zero-order valence-electron chi connectivity index (χ0n) is 12.3. The van der Waals surface area contributed by atoms with E-state index in [9.17, 15) is 14.4 Å². The zero-order valence-corrected chi connectivity index (χ0v) is 12.3. The Morgan fingerprint density at radius 3 is 2.68 bits per heavy atom. The smallest absolute Gasteiger partial charge is 0.260 e. The molecular weight excluding hydrogens is 282 g/mol. The number of carbonyl (C=O) groups excluding carboxylic acids is 2. The molecule has 2 rings (SSSR count). The van der Waals surface area contributed by atoms with E-state index in [1.807, 2.05) is 0 Å². The van der Waals surface area contributed by atoms with E-state index >= 15 is 0 Å². The summed E-state index contributed by atoms with van der Waals surface area (Å²) in [6.45, 7) is 8.91. The van der Waals surface area contributed by atoms with Crippen LogP contribution in [0, 0.1) is 6.92 Å². The third-order valence-electron chi connectivity index (χ3n) is 3.50. The van der Waals surface area contributed by atoms with Crippen LogP contribution in [0.3, 0.4) is 0 Å². The molecule has 1 fully saturated rings. The topological polar surface area (TPSA) is 80.5 Å². The van der Waals surface area contributed by atoms with Gasteiger partial charge in [-0.1, -0.05) is 25.3 Å². The van der Waals surface area contributed by atoms with Crippen molar-refractivity contribution in [2.24, 2.45) is 4.99 Å². The second-order valence-corrected chi connectivity index (χ2v) is 4.94. The lowest BCUT2D eigenvalue weighted by molar-refractivity contribution is -0.135. The van der Waals surface area contributed by atoms with E-state index in [4.69, 9.17) is 0 Å². The summed E-state index contributed by atoms with van der Waals surface area (Å²) in [4.78, 5) is 40.1. The van der Waals surface area contributed by atoms with Crippen LogP contribution in [-0.2, 0) is 9.59 Å². The maximum atomic E-state index is 12.7. The lowest BCUT2D eigenvalue weighted by Crippen LogP contribution is -2.45. The maximum Gasteiger partial charge on any atom is 0.260 e. The van der Waals surface area contributed by atoms with Gasteiger partial charge in [0, 0.05) is 18.3 Å². The molecule has 22 heavy (non-hydrogen) atoms. The molecule has 1 unspecified atom stereocenters. The number of pyridine rings is 1. The van der Waals surface area contributed by atoms with E-state index in [0.29, 0.717) is 23.4 Å². The molecule has 1 aliphatic rings. The molecule has 1 aromatic heterocycles. The van der Waals surface area contributed by atoms with Crippen LogP contribution in [0.2, 0.25) is 0 Å². The Hall–Kier alpha value is -2.76. The summed E-state index contributed by atoms with van der Waals surface area (Å²) in [7, 11) is 0. The third kappa shape index (κ3) is 2.81. The number of imide groups is 1. The predicted molar refractivity (Wildman–Crippen MR) is 85.3 cm³/mol. The average Bonchev–Trinajstić information content (AvgIpc) is 2.47. The van der Waals surface area contributed by atoms with Gasteiger partial charge in [-0.05, 0) is 19.4 Å². The zero-order chi connectivity index (χ0) is 16.3. The van der Waals surface area contributed by atoms with Gasteiger partial charge in [0.05, 0.1) is 11.3 Å². The van der Waals surface area contributed by atoms with Crippen molar-refractivity contribution in [2.45, 2.75) is 25.8 Å². The summed E-state index contributed by atoms with van der Waals surface area (Å²) in [6, 6.07) is 1.02. The first-order valence-corrected chi connectivity index (χ1v) is 6.87. The van der Waals surface area contributed by atoms with Crippen molar-refractivity contribution in [3.05, 3.63) is 46.9 Å². The van der Waals surface area contributed by atoms with Gasteiger partial charge >= 0.3 is 0 Å². The number of allylic oxidation sites excluding steroid dienone is 1. The molecule has 0 aromatic carbocycles. The molecule has 2 amide bonds. The quantitative estimate of drug-likeness (QED) is 0.678. The first-order valence-electron chi connectivity index (χ1n) is 6.87. The number of piperidine rings is 1. The Balaban J connectivity index is 2.58. The minimum atomic E-state index is -0.693. The number of nitrogens with zero attached hydrogens (tertiary/aromatic N) is 2. The number of carbonyl (C=O) groups is 2. The highest BCUT2D eigenvalue weighted by Crippen LogP contribution is 2.24. The van der Waals surface area contributed by atoms with Gasteiger partial charge in [0.1, 0.15) is 6.04 Å². The fourth-order valence-electron chi connectivity index (χ4n) is 2.49. The van der Waals surface area contributed by atoms with Gasteiger partial charge in [0.2, 0.25) is 11.8 Å². The molecule has 0 spiro atoms. The maximum absolute atomic E-state index is 12.7. The first kappa shape index (κ1) is 15.6. The second-order valence-electron chi connectivity index (χ2n) is 4.94.